The minimum absolute atomic E-state index is 0.0393. The molecule has 140 valence electrons. The highest BCUT2D eigenvalue weighted by Crippen LogP contribution is 2.47. The zero-order valence-electron chi connectivity index (χ0n) is 14.9. The number of ether oxygens (including phenoxy) is 3. The fourth-order valence-corrected chi connectivity index (χ4v) is 4.75. The molecule has 0 saturated carbocycles. The Kier molecular flexibility index (Phi) is 5.13. The maximum Gasteiger partial charge on any atom is 0.330 e. The molecule has 2 aliphatic heterocycles. The molecule has 26 heavy (non-hydrogen) atoms. The first-order valence-corrected chi connectivity index (χ1v) is 9.26. The van der Waals surface area contributed by atoms with Crippen LogP contribution < -0.4 is 9.47 Å². The second-order valence-corrected chi connectivity index (χ2v) is 7.86. The van der Waals surface area contributed by atoms with E-state index in [0.29, 0.717) is 29.2 Å². The molecule has 3 rings (SSSR count). The van der Waals surface area contributed by atoms with E-state index in [1.165, 1.54) is 14.2 Å². The highest BCUT2D eigenvalue weighted by atomic mass is 32.2. The van der Waals surface area contributed by atoms with E-state index in [-0.39, 0.29) is 16.6 Å². The first-order chi connectivity index (χ1) is 12.4. The van der Waals surface area contributed by atoms with Crippen LogP contribution in [0.3, 0.4) is 0 Å². The summed E-state index contributed by atoms with van der Waals surface area (Å²) in [6.07, 6.45) is 1.16. The van der Waals surface area contributed by atoms with Gasteiger partial charge in [0.2, 0.25) is 11.7 Å². The van der Waals surface area contributed by atoms with E-state index >= 15 is 0 Å². The smallest absolute Gasteiger partial charge is 0.330 e. The molecule has 0 N–H and O–H groups in total. The summed E-state index contributed by atoms with van der Waals surface area (Å²) in [5, 5.41) is 0. The molecule has 1 aromatic carbocycles. The van der Waals surface area contributed by atoms with Gasteiger partial charge in [-0.1, -0.05) is 0 Å². The Hall–Kier alpha value is -2.22. The van der Waals surface area contributed by atoms with E-state index in [0.717, 1.165) is 6.42 Å². The fourth-order valence-electron chi connectivity index (χ4n) is 3.33. The van der Waals surface area contributed by atoms with Crippen LogP contribution in [-0.4, -0.2) is 60.1 Å². The third-order valence-electron chi connectivity index (χ3n) is 4.77. The summed E-state index contributed by atoms with van der Waals surface area (Å²) in [7, 11) is 2.97. The normalized spacial score (nSPS) is 24.3. The van der Waals surface area contributed by atoms with Gasteiger partial charge in [-0.2, -0.15) is 0 Å². The first-order valence-electron chi connectivity index (χ1n) is 8.27. The average molecular weight is 379 g/mol. The molecule has 2 fully saturated rings. The lowest BCUT2D eigenvalue weighted by molar-refractivity contribution is -0.152. The number of esters is 1. The number of ketones is 1. The third-order valence-corrected chi connectivity index (χ3v) is 6.28. The predicted octanol–water partition coefficient (Wildman–Crippen LogP) is 1.88. The Bertz CT molecular complexity index is 751. The lowest BCUT2D eigenvalue weighted by atomic mass is 10.1. The van der Waals surface area contributed by atoms with Crippen molar-refractivity contribution in [1.82, 2.24) is 4.90 Å². The van der Waals surface area contributed by atoms with Gasteiger partial charge in [-0.25, -0.2) is 4.79 Å². The molecule has 1 amide bonds. The van der Waals surface area contributed by atoms with Crippen molar-refractivity contribution in [3.8, 4) is 11.5 Å². The van der Waals surface area contributed by atoms with Gasteiger partial charge in [0.05, 0.1) is 24.7 Å². The Balaban J connectivity index is 1.65. The lowest BCUT2D eigenvalue weighted by Gasteiger charge is -2.29. The van der Waals surface area contributed by atoms with Crippen LogP contribution in [0.25, 0.3) is 0 Å². The molecule has 0 aliphatic carbocycles. The molecule has 2 aliphatic rings. The predicted molar refractivity (Wildman–Crippen MR) is 95.6 cm³/mol. The first kappa shape index (κ1) is 18.6. The minimum atomic E-state index is -0.634. The zero-order chi connectivity index (χ0) is 18.9. The molecule has 2 atom stereocenters. The van der Waals surface area contributed by atoms with Crippen molar-refractivity contribution in [3.05, 3.63) is 23.8 Å². The number of rotatable bonds is 6. The molecule has 0 aromatic heterocycles. The Morgan fingerprint density at radius 2 is 2.08 bits per heavy atom. The number of thioether (sulfide) groups is 1. The molecule has 0 bridgehead atoms. The van der Waals surface area contributed by atoms with Gasteiger partial charge in [-0.3, -0.25) is 9.59 Å². The van der Waals surface area contributed by atoms with Gasteiger partial charge >= 0.3 is 5.97 Å². The zero-order valence-corrected chi connectivity index (χ0v) is 15.8. The quantitative estimate of drug-likeness (QED) is 0.551. The number of carbonyl (C=O) groups is 3. The maximum atomic E-state index is 12.4. The van der Waals surface area contributed by atoms with Crippen molar-refractivity contribution in [1.29, 1.82) is 0 Å². The van der Waals surface area contributed by atoms with Gasteiger partial charge in [-0.05, 0) is 25.5 Å². The van der Waals surface area contributed by atoms with Gasteiger partial charge in [0, 0.05) is 18.2 Å². The molecule has 2 heterocycles. The van der Waals surface area contributed by atoms with Crippen LogP contribution in [0, 0.1) is 0 Å². The number of Topliss-reactive ketones (excluding diaryl/α,β-unsaturated/α-hetero) is 1. The van der Waals surface area contributed by atoms with E-state index < -0.39 is 18.6 Å². The summed E-state index contributed by atoms with van der Waals surface area (Å²) in [4.78, 5) is 38.2. The molecule has 0 radical (unpaired) electrons. The monoisotopic (exact) mass is 379 g/mol. The number of fused-ring (bicyclic) bond motifs is 1. The van der Waals surface area contributed by atoms with E-state index in [4.69, 9.17) is 14.2 Å². The molecule has 0 spiro atoms. The van der Waals surface area contributed by atoms with Crippen LogP contribution in [-0.2, 0) is 14.3 Å². The van der Waals surface area contributed by atoms with Gasteiger partial charge in [0.15, 0.2) is 6.61 Å². The van der Waals surface area contributed by atoms with Crippen molar-refractivity contribution in [2.24, 2.45) is 0 Å². The second kappa shape index (κ2) is 7.19. The largest absolute Gasteiger partial charge is 0.497 e. The molecule has 0 unspecified atom stereocenters. The number of nitrogens with zero attached hydrogens (tertiary/aromatic N) is 1. The number of hydrogen-bond acceptors (Lipinski definition) is 7. The van der Waals surface area contributed by atoms with E-state index in [2.05, 4.69) is 0 Å². The number of hydrogen-bond donors (Lipinski definition) is 0. The Morgan fingerprint density at radius 1 is 1.31 bits per heavy atom. The highest BCUT2D eigenvalue weighted by Gasteiger charge is 2.53. The van der Waals surface area contributed by atoms with Crippen LogP contribution in [0.15, 0.2) is 18.2 Å². The molecular weight excluding hydrogens is 358 g/mol. The fraction of sp³-hybridized carbons (Fsp3) is 0.500. The van der Waals surface area contributed by atoms with Crippen molar-refractivity contribution in [2.45, 2.75) is 30.7 Å². The summed E-state index contributed by atoms with van der Waals surface area (Å²) in [5.41, 5.74) is 0.309. The lowest BCUT2D eigenvalue weighted by Crippen LogP contribution is -2.46. The van der Waals surface area contributed by atoms with Crippen molar-refractivity contribution < 1.29 is 28.6 Å². The second-order valence-electron chi connectivity index (χ2n) is 6.36. The van der Waals surface area contributed by atoms with Crippen molar-refractivity contribution in [3.63, 3.8) is 0 Å². The molecule has 1 aromatic rings. The summed E-state index contributed by atoms with van der Waals surface area (Å²) in [6, 6.07) is 4.17. The molecule has 8 heteroatoms. The summed E-state index contributed by atoms with van der Waals surface area (Å²) in [5.74, 6) is 0.439. The third kappa shape index (κ3) is 3.25. The molecule has 2 saturated heterocycles. The number of amides is 1. The summed E-state index contributed by atoms with van der Waals surface area (Å²) >= 11 is 1.58. The molecular formula is C18H21NO6S. The van der Waals surface area contributed by atoms with Crippen molar-refractivity contribution in [2.75, 3.05) is 26.6 Å². The topological polar surface area (TPSA) is 82.1 Å². The van der Waals surface area contributed by atoms with E-state index in [1.54, 1.807) is 34.9 Å². The SMILES string of the molecule is COc1ccc(C(=O)COC(=O)[C@@H]2CS[C@@]3(C)CCC(=O)N23)c(OC)c1. The highest BCUT2D eigenvalue weighted by molar-refractivity contribution is 8.01. The Labute approximate surface area is 156 Å². The van der Waals surface area contributed by atoms with Gasteiger partial charge in [-0.15, -0.1) is 11.8 Å². The summed E-state index contributed by atoms with van der Waals surface area (Å²) < 4.78 is 15.5. The van der Waals surface area contributed by atoms with Gasteiger partial charge < -0.3 is 19.1 Å². The van der Waals surface area contributed by atoms with E-state index in [1.807, 2.05) is 6.92 Å². The standard InChI is InChI=1S/C18H21NO6S/c1-18-7-6-16(21)19(18)13(10-26-18)17(22)25-9-14(20)12-5-4-11(23-2)8-15(12)24-3/h4-5,8,13H,6-7,9-10H2,1-3H3/t13-,18-/m0/s1. The summed E-state index contributed by atoms with van der Waals surface area (Å²) in [6.45, 7) is 1.56. The van der Waals surface area contributed by atoms with Gasteiger partial charge in [0.25, 0.3) is 0 Å². The van der Waals surface area contributed by atoms with Crippen LogP contribution >= 0.6 is 11.8 Å². The van der Waals surface area contributed by atoms with Crippen LogP contribution in [0.5, 0.6) is 11.5 Å². The van der Waals surface area contributed by atoms with Crippen LogP contribution in [0.1, 0.15) is 30.1 Å². The Morgan fingerprint density at radius 3 is 2.77 bits per heavy atom. The number of benzene rings is 1. The van der Waals surface area contributed by atoms with E-state index in [9.17, 15) is 14.4 Å². The average Bonchev–Trinajstić information content (AvgIpc) is 3.14. The van der Waals surface area contributed by atoms with Crippen molar-refractivity contribution >= 4 is 29.4 Å². The van der Waals surface area contributed by atoms with Crippen LogP contribution in [0.2, 0.25) is 0 Å². The molecule has 7 nitrogen and oxygen atoms in total. The number of methoxy groups -OCH3 is 2. The minimum Gasteiger partial charge on any atom is -0.497 e. The van der Waals surface area contributed by atoms with Crippen LogP contribution in [0.4, 0.5) is 0 Å². The number of carbonyl (C=O) groups excluding carboxylic acids is 3. The van der Waals surface area contributed by atoms with Gasteiger partial charge in [0.1, 0.15) is 17.5 Å². The maximum absolute atomic E-state index is 12.4.